The zero-order chi connectivity index (χ0) is 34.8. The number of ether oxygens (including phenoxy) is 1. The van der Waals surface area contributed by atoms with Crippen LogP contribution in [0.4, 0.5) is 0 Å². The summed E-state index contributed by atoms with van der Waals surface area (Å²) in [6.07, 6.45) is 1.85. The summed E-state index contributed by atoms with van der Waals surface area (Å²) in [4.78, 5) is 4.71. The third-order valence-electron chi connectivity index (χ3n) is 9.44. The number of fused-ring (bicyclic) bond motifs is 3. The first kappa shape index (κ1) is 35.4. The third-order valence-corrected chi connectivity index (χ3v) is 9.44. The molecule has 3 aromatic heterocycles. The van der Waals surface area contributed by atoms with Crippen LogP contribution in [0.2, 0.25) is 0 Å². The average molecular weight is 840 g/mol. The first-order chi connectivity index (χ1) is 23.2. The molecule has 0 spiro atoms. The van der Waals surface area contributed by atoms with E-state index in [2.05, 4.69) is 134 Å². The van der Waals surface area contributed by atoms with Gasteiger partial charge in [0, 0.05) is 34.5 Å². The van der Waals surface area contributed by atoms with E-state index >= 15 is 0 Å². The Hall–Kier alpha value is -4.47. The Morgan fingerprint density at radius 1 is 0.700 bits per heavy atom. The fourth-order valence-corrected chi connectivity index (χ4v) is 6.93. The summed E-state index contributed by atoms with van der Waals surface area (Å²) in [6.45, 7) is 22.3. The van der Waals surface area contributed by atoms with Crippen molar-refractivity contribution in [1.82, 2.24) is 19.3 Å². The van der Waals surface area contributed by atoms with Crippen molar-refractivity contribution in [1.29, 1.82) is 0 Å². The summed E-state index contributed by atoms with van der Waals surface area (Å²) >= 11 is 0. The Morgan fingerprint density at radius 2 is 1.44 bits per heavy atom. The predicted molar refractivity (Wildman–Crippen MR) is 202 cm³/mol. The molecular formula is C44H44N4OPt. The first-order valence-corrected chi connectivity index (χ1v) is 17.0. The molecule has 0 N–H and O–H groups in total. The van der Waals surface area contributed by atoms with Crippen molar-refractivity contribution in [2.24, 2.45) is 0 Å². The minimum Gasteiger partial charge on any atom is -0.509 e. The molecule has 7 rings (SSSR count). The van der Waals surface area contributed by atoms with Crippen LogP contribution in [-0.2, 0) is 31.9 Å². The molecule has 0 saturated heterocycles. The van der Waals surface area contributed by atoms with Crippen molar-refractivity contribution in [2.75, 3.05) is 0 Å². The summed E-state index contributed by atoms with van der Waals surface area (Å²) in [5.74, 6) is 2.06. The van der Waals surface area contributed by atoms with Gasteiger partial charge in [0.05, 0.1) is 5.69 Å². The number of aromatic nitrogens is 4. The maximum absolute atomic E-state index is 6.46. The molecule has 6 heteroatoms. The van der Waals surface area contributed by atoms with Crippen molar-refractivity contribution in [3.8, 4) is 34.1 Å². The van der Waals surface area contributed by atoms with Gasteiger partial charge in [0.25, 0.3) is 0 Å². The Labute approximate surface area is 310 Å². The molecule has 0 aliphatic heterocycles. The SMILES string of the molecule is Cc1ccnc(-n2c3[c-]c(Oc4[c-]c(-n5nc(C)c(-c6c(C)cc(C(C)(C)C)cc6C(C)(C)C)c5C)ccc4)ccc3c3ccccc32)c1.[Pt+2]. The standard InChI is InChI=1S/C44H44N4O.Pt/c1-27-20-21-45-40(22-27)47-38-17-12-11-16-35(38)36-19-18-34(26-39(36)47)49-33-15-13-14-32(25-33)48-30(4)42(29(3)46-48)41-28(2)23-31(43(5,6)7)24-37(41)44(8,9)10;/h11-24H,1-10H3;/q-2;+2. The number of rotatable bonds is 5. The molecule has 0 fully saturated rings. The van der Waals surface area contributed by atoms with Crippen molar-refractivity contribution >= 4 is 21.8 Å². The average Bonchev–Trinajstić information content (AvgIpc) is 3.52. The number of para-hydroxylation sites is 1. The molecule has 0 atom stereocenters. The normalized spacial score (nSPS) is 12.0. The van der Waals surface area contributed by atoms with Gasteiger partial charge < -0.3 is 9.30 Å². The van der Waals surface area contributed by atoms with Gasteiger partial charge in [-0.15, -0.1) is 35.7 Å². The van der Waals surface area contributed by atoms with Gasteiger partial charge in [-0.1, -0.05) is 77.4 Å². The number of hydrogen-bond acceptors (Lipinski definition) is 3. The second-order valence-electron chi connectivity index (χ2n) is 15.3. The first-order valence-electron chi connectivity index (χ1n) is 17.0. The molecule has 3 heterocycles. The van der Waals surface area contributed by atoms with Gasteiger partial charge in [0.2, 0.25) is 0 Å². The molecular weight excluding hydrogens is 796 g/mol. The van der Waals surface area contributed by atoms with E-state index in [4.69, 9.17) is 14.8 Å². The summed E-state index contributed by atoms with van der Waals surface area (Å²) in [6, 6.07) is 34.3. The summed E-state index contributed by atoms with van der Waals surface area (Å²) in [7, 11) is 0. The Morgan fingerprint density at radius 3 is 2.16 bits per heavy atom. The summed E-state index contributed by atoms with van der Waals surface area (Å²) in [5.41, 5.74) is 12.5. The Bertz CT molecular complexity index is 2380. The minimum atomic E-state index is -0.0407. The van der Waals surface area contributed by atoms with Gasteiger partial charge in [-0.2, -0.15) is 17.2 Å². The van der Waals surface area contributed by atoms with Crippen LogP contribution in [0.1, 0.15) is 75.2 Å². The number of nitrogens with zero attached hydrogens (tertiary/aromatic N) is 4. The molecule has 50 heavy (non-hydrogen) atoms. The molecule has 0 radical (unpaired) electrons. The Kier molecular flexibility index (Phi) is 9.20. The monoisotopic (exact) mass is 839 g/mol. The molecule has 0 amide bonds. The topological polar surface area (TPSA) is 44.9 Å². The van der Waals surface area contributed by atoms with Gasteiger partial charge in [-0.25, -0.2) is 4.98 Å². The van der Waals surface area contributed by atoms with Crippen molar-refractivity contribution < 1.29 is 25.8 Å². The fourth-order valence-electron chi connectivity index (χ4n) is 6.93. The molecule has 0 saturated carbocycles. The molecule has 4 aromatic carbocycles. The van der Waals surface area contributed by atoms with Crippen LogP contribution in [0, 0.1) is 39.8 Å². The zero-order valence-corrected chi connectivity index (χ0v) is 32.9. The van der Waals surface area contributed by atoms with Gasteiger partial charge in [0.15, 0.2) is 0 Å². The number of pyridine rings is 1. The van der Waals surface area contributed by atoms with E-state index in [1.165, 1.54) is 27.8 Å². The molecule has 0 bridgehead atoms. The number of benzene rings is 4. The minimum absolute atomic E-state index is 0. The van der Waals surface area contributed by atoms with Crippen LogP contribution in [0.15, 0.2) is 85.1 Å². The van der Waals surface area contributed by atoms with Gasteiger partial charge >= 0.3 is 21.1 Å². The molecule has 7 aromatic rings. The van der Waals surface area contributed by atoms with E-state index in [9.17, 15) is 0 Å². The van der Waals surface area contributed by atoms with E-state index in [0.29, 0.717) is 11.5 Å². The van der Waals surface area contributed by atoms with Gasteiger partial charge in [0.1, 0.15) is 5.82 Å². The van der Waals surface area contributed by atoms with Crippen LogP contribution in [0.25, 0.3) is 44.4 Å². The molecule has 256 valence electrons. The van der Waals surface area contributed by atoms with Crippen molar-refractivity contribution in [3.05, 3.63) is 131 Å². The predicted octanol–water partition coefficient (Wildman–Crippen LogP) is 11.3. The second-order valence-corrected chi connectivity index (χ2v) is 15.3. The molecule has 0 aliphatic carbocycles. The zero-order valence-electron chi connectivity index (χ0n) is 30.6. The summed E-state index contributed by atoms with van der Waals surface area (Å²) < 4.78 is 10.6. The molecule has 0 unspecified atom stereocenters. The second kappa shape index (κ2) is 13.0. The van der Waals surface area contributed by atoms with Crippen LogP contribution in [0.5, 0.6) is 11.5 Å². The summed E-state index contributed by atoms with van der Waals surface area (Å²) in [5, 5.41) is 7.32. The maximum Gasteiger partial charge on any atom is 2.00 e. The van der Waals surface area contributed by atoms with Crippen molar-refractivity contribution in [2.45, 2.75) is 80.1 Å². The van der Waals surface area contributed by atoms with Crippen molar-refractivity contribution in [3.63, 3.8) is 0 Å². The Balaban J connectivity index is 0.00000432. The van der Waals surface area contributed by atoms with E-state index in [-0.39, 0.29) is 31.9 Å². The molecule has 5 nitrogen and oxygen atoms in total. The number of aryl methyl sites for hydroxylation is 3. The molecule has 0 aliphatic rings. The van der Waals surface area contributed by atoms with Gasteiger partial charge in [-0.05, 0) is 95.6 Å². The maximum atomic E-state index is 6.46. The quantitative estimate of drug-likeness (QED) is 0.162. The third kappa shape index (κ3) is 6.33. The van der Waals surface area contributed by atoms with E-state index in [1.54, 1.807) is 0 Å². The van der Waals surface area contributed by atoms with Crippen LogP contribution >= 0.6 is 0 Å². The van der Waals surface area contributed by atoms with E-state index in [0.717, 1.165) is 50.3 Å². The van der Waals surface area contributed by atoms with E-state index in [1.807, 2.05) is 41.2 Å². The smallest absolute Gasteiger partial charge is 0.509 e. The van der Waals surface area contributed by atoms with Gasteiger partial charge in [-0.3, -0.25) is 4.68 Å². The van der Waals surface area contributed by atoms with Crippen LogP contribution in [-0.4, -0.2) is 19.3 Å². The van der Waals surface area contributed by atoms with Crippen LogP contribution in [0.3, 0.4) is 0 Å². The van der Waals surface area contributed by atoms with E-state index < -0.39 is 0 Å². The van der Waals surface area contributed by atoms with Crippen LogP contribution < -0.4 is 4.74 Å². The largest absolute Gasteiger partial charge is 2.00 e. The fraction of sp³-hybridized carbons (Fsp3) is 0.273. The number of hydrogen-bond donors (Lipinski definition) is 0.